The fraction of sp³-hybridized carbons (Fsp3) is 0.417. The Hall–Kier alpha value is -1.51. The molecule has 0 aliphatic rings. The Morgan fingerprint density at radius 1 is 1.33 bits per heavy atom. The topological polar surface area (TPSA) is 46.5 Å². The van der Waals surface area contributed by atoms with E-state index in [1.807, 2.05) is 31.2 Å². The number of hydrogen-bond acceptors (Lipinski definition) is 2. The SMILES string of the molecule is CCOc1ccc(CCCC(=O)O)cc1. The molecule has 0 saturated carbocycles. The van der Waals surface area contributed by atoms with Crippen LogP contribution in [0.2, 0.25) is 0 Å². The van der Waals surface area contributed by atoms with Gasteiger partial charge in [-0.1, -0.05) is 12.1 Å². The predicted octanol–water partition coefficient (Wildman–Crippen LogP) is 2.49. The van der Waals surface area contributed by atoms with E-state index in [0.29, 0.717) is 13.0 Å². The molecule has 0 unspecified atom stereocenters. The van der Waals surface area contributed by atoms with Crippen LogP contribution < -0.4 is 4.74 Å². The molecule has 82 valence electrons. The van der Waals surface area contributed by atoms with Gasteiger partial charge in [-0.3, -0.25) is 4.79 Å². The van der Waals surface area contributed by atoms with Crippen LogP contribution in [0.5, 0.6) is 5.75 Å². The summed E-state index contributed by atoms with van der Waals surface area (Å²) < 4.78 is 5.31. The first-order valence-electron chi connectivity index (χ1n) is 5.16. The lowest BCUT2D eigenvalue weighted by molar-refractivity contribution is -0.137. The third-order valence-corrected chi connectivity index (χ3v) is 2.09. The summed E-state index contributed by atoms with van der Waals surface area (Å²) in [5.74, 6) is 0.125. The second-order valence-corrected chi connectivity index (χ2v) is 3.32. The van der Waals surface area contributed by atoms with Crippen LogP contribution in [-0.2, 0) is 11.2 Å². The predicted molar refractivity (Wildman–Crippen MR) is 58.2 cm³/mol. The molecule has 0 fully saturated rings. The minimum absolute atomic E-state index is 0.229. The number of benzene rings is 1. The Bertz CT molecular complexity index is 303. The molecule has 0 aromatic heterocycles. The molecule has 0 atom stereocenters. The summed E-state index contributed by atoms with van der Waals surface area (Å²) in [7, 11) is 0. The van der Waals surface area contributed by atoms with Crippen LogP contribution in [-0.4, -0.2) is 17.7 Å². The number of rotatable bonds is 6. The Morgan fingerprint density at radius 3 is 2.53 bits per heavy atom. The number of aliphatic carboxylic acids is 1. The maximum Gasteiger partial charge on any atom is 0.303 e. The van der Waals surface area contributed by atoms with E-state index in [0.717, 1.165) is 17.7 Å². The van der Waals surface area contributed by atoms with Crippen molar-refractivity contribution in [3.05, 3.63) is 29.8 Å². The Kier molecular flexibility index (Phi) is 4.68. The first kappa shape index (κ1) is 11.6. The van der Waals surface area contributed by atoms with Crippen LogP contribution in [0, 0.1) is 0 Å². The molecule has 1 aromatic carbocycles. The van der Waals surface area contributed by atoms with Crippen molar-refractivity contribution < 1.29 is 14.6 Å². The molecule has 1 rings (SSSR count). The molecular formula is C12H16O3. The van der Waals surface area contributed by atoms with Crippen molar-refractivity contribution >= 4 is 5.97 Å². The highest BCUT2D eigenvalue weighted by Gasteiger charge is 1.98. The molecule has 1 aromatic rings. The molecule has 0 aliphatic heterocycles. The average Bonchev–Trinajstić information content (AvgIpc) is 2.20. The molecule has 1 N–H and O–H groups in total. The minimum atomic E-state index is -0.735. The van der Waals surface area contributed by atoms with Gasteiger partial charge in [0.1, 0.15) is 5.75 Å². The smallest absolute Gasteiger partial charge is 0.303 e. The highest BCUT2D eigenvalue weighted by molar-refractivity contribution is 5.66. The second kappa shape index (κ2) is 6.06. The molecule has 15 heavy (non-hydrogen) atoms. The van der Waals surface area contributed by atoms with Crippen molar-refractivity contribution in [3.63, 3.8) is 0 Å². The quantitative estimate of drug-likeness (QED) is 0.781. The van der Waals surface area contributed by atoms with Crippen LogP contribution in [0.4, 0.5) is 0 Å². The fourth-order valence-electron chi connectivity index (χ4n) is 1.36. The molecule has 0 aliphatic carbocycles. The van der Waals surface area contributed by atoms with Gasteiger partial charge in [0.2, 0.25) is 0 Å². The van der Waals surface area contributed by atoms with E-state index in [1.54, 1.807) is 0 Å². The van der Waals surface area contributed by atoms with Crippen molar-refractivity contribution in [2.45, 2.75) is 26.2 Å². The Balaban J connectivity index is 2.39. The van der Waals surface area contributed by atoms with Gasteiger partial charge >= 0.3 is 5.97 Å². The van der Waals surface area contributed by atoms with Crippen molar-refractivity contribution in [1.82, 2.24) is 0 Å². The van der Waals surface area contributed by atoms with E-state index in [4.69, 9.17) is 9.84 Å². The highest BCUT2D eigenvalue weighted by atomic mass is 16.5. The Labute approximate surface area is 89.7 Å². The molecule has 0 heterocycles. The highest BCUT2D eigenvalue weighted by Crippen LogP contribution is 2.13. The van der Waals surface area contributed by atoms with Gasteiger partial charge in [-0.15, -0.1) is 0 Å². The Morgan fingerprint density at radius 2 is 2.00 bits per heavy atom. The second-order valence-electron chi connectivity index (χ2n) is 3.32. The van der Waals surface area contributed by atoms with Gasteiger partial charge in [0.15, 0.2) is 0 Å². The van der Waals surface area contributed by atoms with E-state index in [9.17, 15) is 4.79 Å². The number of hydrogen-bond donors (Lipinski definition) is 1. The molecule has 0 radical (unpaired) electrons. The largest absolute Gasteiger partial charge is 0.494 e. The maximum atomic E-state index is 10.3. The summed E-state index contributed by atoms with van der Waals surface area (Å²) in [6, 6.07) is 7.79. The van der Waals surface area contributed by atoms with Crippen LogP contribution in [0.15, 0.2) is 24.3 Å². The monoisotopic (exact) mass is 208 g/mol. The van der Waals surface area contributed by atoms with Gasteiger partial charge in [-0.2, -0.15) is 0 Å². The summed E-state index contributed by atoms with van der Waals surface area (Å²) in [5.41, 5.74) is 1.15. The summed E-state index contributed by atoms with van der Waals surface area (Å²) in [5, 5.41) is 8.49. The molecular weight excluding hydrogens is 192 g/mol. The lowest BCUT2D eigenvalue weighted by Crippen LogP contribution is -1.96. The lowest BCUT2D eigenvalue weighted by Gasteiger charge is -2.04. The third kappa shape index (κ3) is 4.49. The van der Waals surface area contributed by atoms with Gasteiger partial charge in [-0.05, 0) is 37.5 Å². The van der Waals surface area contributed by atoms with Crippen LogP contribution in [0.1, 0.15) is 25.3 Å². The normalized spacial score (nSPS) is 9.93. The molecule has 0 spiro atoms. The molecule has 0 amide bonds. The first-order valence-corrected chi connectivity index (χ1v) is 5.16. The van der Waals surface area contributed by atoms with Gasteiger partial charge in [0.25, 0.3) is 0 Å². The third-order valence-electron chi connectivity index (χ3n) is 2.09. The fourth-order valence-corrected chi connectivity index (χ4v) is 1.36. The first-order chi connectivity index (χ1) is 7.22. The zero-order chi connectivity index (χ0) is 11.1. The standard InChI is InChI=1S/C12H16O3/c1-2-15-11-8-6-10(7-9-11)4-3-5-12(13)14/h6-9H,2-5H2,1H3,(H,13,14). The number of ether oxygens (including phenoxy) is 1. The zero-order valence-electron chi connectivity index (χ0n) is 8.90. The number of carboxylic acids is 1. The van der Waals surface area contributed by atoms with Crippen molar-refractivity contribution in [2.75, 3.05) is 6.61 Å². The maximum absolute atomic E-state index is 10.3. The summed E-state index contributed by atoms with van der Waals surface area (Å²) in [4.78, 5) is 10.3. The van der Waals surface area contributed by atoms with Crippen molar-refractivity contribution in [2.24, 2.45) is 0 Å². The van der Waals surface area contributed by atoms with Crippen LogP contribution in [0.25, 0.3) is 0 Å². The van der Waals surface area contributed by atoms with Crippen molar-refractivity contribution in [1.29, 1.82) is 0 Å². The summed E-state index contributed by atoms with van der Waals surface area (Å²) >= 11 is 0. The molecule has 3 heteroatoms. The van der Waals surface area contributed by atoms with Gasteiger partial charge < -0.3 is 9.84 Å². The minimum Gasteiger partial charge on any atom is -0.494 e. The van der Waals surface area contributed by atoms with E-state index in [1.165, 1.54) is 0 Å². The van der Waals surface area contributed by atoms with E-state index in [-0.39, 0.29) is 6.42 Å². The number of carbonyl (C=O) groups is 1. The van der Waals surface area contributed by atoms with E-state index in [2.05, 4.69) is 0 Å². The summed E-state index contributed by atoms with van der Waals surface area (Å²) in [6.45, 7) is 2.61. The van der Waals surface area contributed by atoms with Crippen LogP contribution >= 0.6 is 0 Å². The van der Waals surface area contributed by atoms with Gasteiger partial charge in [-0.25, -0.2) is 0 Å². The van der Waals surface area contributed by atoms with Gasteiger partial charge in [0, 0.05) is 6.42 Å². The average molecular weight is 208 g/mol. The zero-order valence-corrected chi connectivity index (χ0v) is 8.90. The molecule has 3 nitrogen and oxygen atoms in total. The molecule has 0 bridgehead atoms. The van der Waals surface area contributed by atoms with E-state index < -0.39 is 5.97 Å². The van der Waals surface area contributed by atoms with Crippen LogP contribution in [0.3, 0.4) is 0 Å². The molecule has 0 saturated heterocycles. The van der Waals surface area contributed by atoms with E-state index >= 15 is 0 Å². The lowest BCUT2D eigenvalue weighted by atomic mass is 10.1. The summed E-state index contributed by atoms with van der Waals surface area (Å²) in [6.07, 6.45) is 1.72. The number of carboxylic acid groups (broad SMARTS) is 1. The van der Waals surface area contributed by atoms with Crippen molar-refractivity contribution in [3.8, 4) is 5.75 Å². The number of aryl methyl sites for hydroxylation is 1. The van der Waals surface area contributed by atoms with Gasteiger partial charge in [0.05, 0.1) is 6.61 Å².